The first-order chi connectivity index (χ1) is 7.61. The Hall–Kier alpha value is -0.710. The highest BCUT2D eigenvalue weighted by Gasteiger charge is 2.18. The second-order valence-corrected chi connectivity index (χ2v) is 6.42. The summed E-state index contributed by atoms with van der Waals surface area (Å²) in [5, 5.41) is 4.51. The Kier molecular flexibility index (Phi) is 3.42. The fourth-order valence-electron chi connectivity index (χ4n) is 1.62. The second kappa shape index (κ2) is 4.65. The van der Waals surface area contributed by atoms with Gasteiger partial charge in [0.1, 0.15) is 5.01 Å². The summed E-state index contributed by atoms with van der Waals surface area (Å²) in [5.74, 6) is 0. The fourth-order valence-corrected chi connectivity index (χ4v) is 3.74. The van der Waals surface area contributed by atoms with Crippen molar-refractivity contribution in [1.82, 2.24) is 10.3 Å². The highest BCUT2D eigenvalue weighted by Crippen LogP contribution is 2.31. The molecule has 0 aromatic carbocycles. The maximum atomic E-state index is 4.63. The SMILES string of the molecule is CNC(c1ccc(C)s1)c1nc(C)c(C)s1. The molecular weight excluding hydrogens is 236 g/mol. The third-order valence-corrected chi connectivity index (χ3v) is 4.83. The van der Waals surface area contributed by atoms with Crippen molar-refractivity contribution in [2.24, 2.45) is 0 Å². The van der Waals surface area contributed by atoms with Crippen molar-refractivity contribution in [3.63, 3.8) is 0 Å². The van der Waals surface area contributed by atoms with Gasteiger partial charge < -0.3 is 5.32 Å². The number of nitrogens with one attached hydrogen (secondary N) is 1. The number of hydrogen-bond donors (Lipinski definition) is 1. The van der Waals surface area contributed by atoms with Crippen molar-refractivity contribution in [2.75, 3.05) is 7.05 Å². The first-order valence-corrected chi connectivity index (χ1v) is 6.92. The van der Waals surface area contributed by atoms with E-state index in [1.54, 1.807) is 11.3 Å². The summed E-state index contributed by atoms with van der Waals surface area (Å²) in [7, 11) is 1.99. The van der Waals surface area contributed by atoms with Crippen LogP contribution >= 0.6 is 22.7 Å². The number of aromatic nitrogens is 1. The molecule has 2 aromatic heterocycles. The molecule has 86 valence electrons. The van der Waals surface area contributed by atoms with Crippen LogP contribution in [0, 0.1) is 20.8 Å². The van der Waals surface area contributed by atoms with Crippen LogP contribution in [0.5, 0.6) is 0 Å². The molecule has 0 fully saturated rings. The predicted molar refractivity (Wildman–Crippen MR) is 71.5 cm³/mol. The summed E-state index contributed by atoms with van der Waals surface area (Å²) in [6.45, 7) is 6.34. The molecule has 0 saturated carbocycles. The molecule has 2 heterocycles. The van der Waals surface area contributed by atoms with Gasteiger partial charge in [-0.25, -0.2) is 4.98 Å². The van der Waals surface area contributed by atoms with Crippen LogP contribution in [0.1, 0.15) is 31.4 Å². The lowest BCUT2D eigenvalue weighted by Gasteiger charge is -2.10. The average Bonchev–Trinajstić information content (AvgIpc) is 2.77. The van der Waals surface area contributed by atoms with Gasteiger partial charge in [-0.3, -0.25) is 0 Å². The molecule has 2 nitrogen and oxygen atoms in total. The van der Waals surface area contributed by atoms with Gasteiger partial charge in [0.05, 0.1) is 11.7 Å². The van der Waals surface area contributed by atoms with Crippen molar-refractivity contribution in [3.8, 4) is 0 Å². The number of thiophene rings is 1. The highest BCUT2D eigenvalue weighted by molar-refractivity contribution is 7.13. The molecule has 1 atom stereocenters. The van der Waals surface area contributed by atoms with E-state index in [1.807, 2.05) is 18.4 Å². The van der Waals surface area contributed by atoms with Crippen LogP contribution in [0.25, 0.3) is 0 Å². The van der Waals surface area contributed by atoms with Crippen LogP contribution in [0.3, 0.4) is 0 Å². The van der Waals surface area contributed by atoms with E-state index in [2.05, 4.69) is 43.2 Å². The summed E-state index contributed by atoms with van der Waals surface area (Å²) in [6, 6.07) is 4.60. The minimum atomic E-state index is 0.246. The maximum absolute atomic E-state index is 4.63. The van der Waals surface area contributed by atoms with E-state index in [1.165, 1.54) is 19.6 Å². The van der Waals surface area contributed by atoms with Crippen LogP contribution < -0.4 is 5.32 Å². The van der Waals surface area contributed by atoms with Gasteiger partial charge in [-0.15, -0.1) is 22.7 Å². The molecule has 1 unspecified atom stereocenters. The third-order valence-electron chi connectivity index (χ3n) is 2.63. The van der Waals surface area contributed by atoms with Gasteiger partial charge in [0.25, 0.3) is 0 Å². The molecule has 0 bridgehead atoms. The zero-order valence-electron chi connectivity index (χ0n) is 10.00. The number of thiazole rings is 1. The number of aryl methyl sites for hydroxylation is 3. The largest absolute Gasteiger partial charge is 0.307 e. The van der Waals surface area contributed by atoms with E-state index >= 15 is 0 Å². The van der Waals surface area contributed by atoms with Gasteiger partial charge in [-0.05, 0) is 40.0 Å². The summed E-state index contributed by atoms with van der Waals surface area (Å²) in [4.78, 5) is 8.63. The van der Waals surface area contributed by atoms with Crippen molar-refractivity contribution >= 4 is 22.7 Å². The van der Waals surface area contributed by atoms with Gasteiger partial charge in [0, 0.05) is 14.6 Å². The maximum Gasteiger partial charge on any atom is 0.115 e. The van der Waals surface area contributed by atoms with Crippen molar-refractivity contribution < 1.29 is 0 Å². The normalized spacial score (nSPS) is 13.0. The van der Waals surface area contributed by atoms with Gasteiger partial charge >= 0.3 is 0 Å². The standard InChI is InChI=1S/C12H16N2S2/c1-7-5-6-10(15-7)11(13-4)12-14-8(2)9(3)16-12/h5-6,11,13H,1-4H3. The molecule has 0 amide bonds. The van der Waals surface area contributed by atoms with E-state index in [4.69, 9.17) is 0 Å². The Morgan fingerprint density at radius 2 is 1.94 bits per heavy atom. The molecule has 2 rings (SSSR count). The van der Waals surface area contributed by atoms with Gasteiger partial charge in [0.15, 0.2) is 0 Å². The van der Waals surface area contributed by atoms with Crippen LogP contribution in [0.2, 0.25) is 0 Å². The molecule has 0 aliphatic rings. The van der Waals surface area contributed by atoms with E-state index in [9.17, 15) is 0 Å². The number of nitrogens with zero attached hydrogens (tertiary/aromatic N) is 1. The molecule has 16 heavy (non-hydrogen) atoms. The van der Waals surface area contributed by atoms with Crippen LogP contribution in [-0.2, 0) is 0 Å². The van der Waals surface area contributed by atoms with E-state index in [-0.39, 0.29) is 6.04 Å². The Bertz CT molecular complexity index is 465. The third kappa shape index (κ3) is 2.19. The second-order valence-electron chi connectivity index (χ2n) is 3.86. The van der Waals surface area contributed by atoms with Gasteiger partial charge in [0.2, 0.25) is 0 Å². The van der Waals surface area contributed by atoms with Crippen molar-refractivity contribution in [2.45, 2.75) is 26.8 Å². The topological polar surface area (TPSA) is 24.9 Å². The zero-order chi connectivity index (χ0) is 11.7. The Morgan fingerprint density at radius 3 is 2.38 bits per heavy atom. The first-order valence-electron chi connectivity index (χ1n) is 5.29. The molecule has 0 saturated heterocycles. The fraction of sp³-hybridized carbons (Fsp3) is 0.417. The Balaban J connectivity index is 2.36. The van der Waals surface area contributed by atoms with Crippen molar-refractivity contribution in [3.05, 3.63) is 37.5 Å². The molecule has 0 aliphatic heterocycles. The molecule has 0 aliphatic carbocycles. The number of rotatable bonds is 3. The Labute approximate surface area is 104 Å². The summed E-state index contributed by atoms with van der Waals surface area (Å²) >= 11 is 3.62. The lowest BCUT2D eigenvalue weighted by Crippen LogP contribution is -2.16. The molecule has 1 N–H and O–H groups in total. The minimum Gasteiger partial charge on any atom is -0.307 e. The lowest BCUT2D eigenvalue weighted by molar-refractivity contribution is 0.696. The minimum absolute atomic E-state index is 0.246. The van der Waals surface area contributed by atoms with Gasteiger partial charge in [-0.1, -0.05) is 0 Å². The lowest BCUT2D eigenvalue weighted by atomic mass is 10.2. The van der Waals surface area contributed by atoms with Crippen LogP contribution in [-0.4, -0.2) is 12.0 Å². The van der Waals surface area contributed by atoms with Gasteiger partial charge in [-0.2, -0.15) is 0 Å². The summed E-state index contributed by atoms with van der Waals surface area (Å²) in [5.41, 5.74) is 1.15. The molecular formula is C12H16N2S2. The summed E-state index contributed by atoms with van der Waals surface area (Å²) < 4.78 is 0. The molecule has 0 radical (unpaired) electrons. The van der Waals surface area contributed by atoms with E-state index < -0.39 is 0 Å². The first kappa shape index (κ1) is 11.8. The predicted octanol–water partition coefficient (Wildman–Crippen LogP) is 3.44. The summed E-state index contributed by atoms with van der Waals surface area (Å²) in [6.07, 6.45) is 0. The molecule has 4 heteroatoms. The van der Waals surface area contributed by atoms with Crippen LogP contribution in [0.15, 0.2) is 12.1 Å². The molecule has 2 aromatic rings. The van der Waals surface area contributed by atoms with Crippen molar-refractivity contribution in [1.29, 1.82) is 0 Å². The van der Waals surface area contributed by atoms with Crippen LogP contribution in [0.4, 0.5) is 0 Å². The van der Waals surface area contributed by atoms with E-state index in [0.29, 0.717) is 0 Å². The Morgan fingerprint density at radius 1 is 1.19 bits per heavy atom. The molecule has 0 spiro atoms. The monoisotopic (exact) mass is 252 g/mol. The number of hydrogen-bond acceptors (Lipinski definition) is 4. The zero-order valence-corrected chi connectivity index (χ0v) is 11.6. The highest BCUT2D eigenvalue weighted by atomic mass is 32.1. The average molecular weight is 252 g/mol. The smallest absolute Gasteiger partial charge is 0.115 e. The van der Waals surface area contributed by atoms with E-state index in [0.717, 1.165) is 5.69 Å². The quantitative estimate of drug-likeness (QED) is 0.905.